The minimum absolute atomic E-state index is 0.529. The monoisotopic (exact) mass is 570 g/mol. The second-order valence-electron chi connectivity index (χ2n) is 10.6. The molecule has 4 aromatic heterocycles. The molecule has 4 heterocycles. The zero-order valence-electron chi connectivity index (χ0n) is 22.8. The molecule has 0 N–H and O–H groups in total. The van der Waals surface area contributed by atoms with E-state index in [1.54, 1.807) is 17.5 Å². The van der Waals surface area contributed by atoms with Crippen molar-refractivity contribution in [3.8, 4) is 34.1 Å². The van der Waals surface area contributed by atoms with Crippen LogP contribution in [0.3, 0.4) is 0 Å². The van der Waals surface area contributed by atoms with Crippen molar-refractivity contribution in [2.45, 2.75) is 0 Å². The summed E-state index contributed by atoms with van der Waals surface area (Å²) in [5, 5.41) is 6.80. The highest BCUT2D eigenvalue weighted by molar-refractivity contribution is 7.26. The average Bonchev–Trinajstić information content (AvgIpc) is 3.64. The fraction of sp³-hybridized carbons (Fsp3) is 0. The Morgan fingerprint density at radius 1 is 0.651 bits per heavy atom. The van der Waals surface area contributed by atoms with Gasteiger partial charge in [-0.3, -0.25) is 4.98 Å². The highest BCUT2D eigenvalue weighted by Gasteiger charge is 2.21. The Morgan fingerprint density at radius 3 is 2.37 bits per heavy atom. The van der Waals surface area contributed by atoms with Crippen LogP contribution >= 0.6 is 11.3 Å². The molecule has 5 aromatic carbocycles. The van der Waals surface area contributed by atoms with Gasteiger partial charge in [0, 0.05) is 49.6 Å². The number of thiophene rings is 1. The van der Waals surface area contributed by atoms with Crippen LogP contribution in [0.25, 0.3) is 75.4 Å². The Kier molecular flexibility index (Phi) is 5.33. The molecule has 43 heavy (non-hydrogen) atoms. The highest BCUT2D eigenvalue weighted by atomic mass is 32.1. The first-order valence-corrected chi connectivity index (χ1v) is 15.0. The number of benzene rings is 5. The van der Waals surface area contributed by atoms with E-state index in [1.165, 1.54) is 10.1 Å². The molecular weight excluding hydrogens is 548 g/mol. The number of para-hydroxylation sites is 1. The predicted molar refractivity (Wildman–Crippen MR) is 177 cm³/mol. The van der Waals surface area contributed by atoms with Crippen LogP contribution in [-0.4, -0.2) is 9.97 Å². The molecule has 0 aliphatic carbocycles. The molecule has 4 nitrogen and oxygen atoms in total. The van der Waals surface area contributed by atoms with Gasteiger partial charge in [-0.1, -0.05) is 78.9 Å². The van der Waals surface area contributed by atoms with E-state index in [4.69, 9.17) is 14.1 Å². The van der Waals surface area contributed by atoms with Crippen molar-refractivity contribution in [3.63, 3.8) is 0 Å². The van der Waals surface area contributed by atoms with Crippen molar-refractivity contribution in [2.75, 3.05) is 0 Å². The minimum Gasteiger partial charge on any atom is -0.455 e. The molecule has 0 saturated carbocycles. The Labute approximate surface area is 250 Å². The Morgan fingerprint density at radius 2 is 1.47 bits per heavy atom. The zero-order chi connectivity index (χ0) is 28.3. The topological polar surface area (TPSA) is 48.2 Å². The van der Waals surface area contributed by atoms with E-state index in [9.17, 15) is 0 Å². The zero-order valence-corrected chi connectivity index (χ0v) is 23.6. The maximum atomic E-state index is 6.61. The number of ether oxygens (including phenoxy) is 1. The molecule has 0 aliphatic rings. The summed E-state index contributed by atoms with van der Waals surface area (Å²) in [7, 11) is 0. The third-order valence-corrected chi connectivity index (χ3v) is 9.17. The number of aromatic nitrogens is 2. The van der Waals surface area contributed by atoms with E-state index in [0.717, 1.165) is 65.3 Å². The highest BCUT2D eigenvalue weighted by Crippen LogP contribution is 2.46. The van der Waals surface area contributed by atoms with E-state index < -0.39 is 0 Å². The van der Waals surface area contributed by atoms with Crippen LogP contribution in [0.2, 0.25) is 0 Å². The second-order valence-corrected chi connectivity index (χ2v) is 11.6. The van der Waals surface area contributed by atoms with Crippen molar-refractivity contribution in [2.24, 2.45) is 0 Å². The van der Waals surface area contributed by atoms with Gasteiger partial charge < -0.3 is 9.15 Å². The van der Waals surface area contributed by atoms with Crippen molar-refractivity contribution in [1.82, 2.24) is 9.97 Å². The van der Waals surface area contributed by atoms with Crippen molar-refractivity contribution in [3.05, 3.63) is 134 Å². The fourth-order valence-corrected chi connectivity index (χ4v) is 7.24. The number of hydrogen-bond acceptors (Lipinski definition) is 5. The van der Waals surface area contributed by atoms with Gasteiger partial charge in [0.1, 0.15) is 16.9 Å². The van der Waals surface area contributed by atoms with Crippen molar-refractivity contribution >= 4 is 64.2 Å². The van der Waals surface area contributed by atoms with Gasteiger partial charge in [-0.15, -0.1) is 11.3 Å². The lowest BCUT2D eigenvalue weighted by atomic mass is 9.98. The lowest BCUT2D eigenvalue weighted by Gasteiger charge is -2.11. The maximum Gasteiger partial charge on any atom is 0.220 e. The van der Waals surface area contributed by atoms with Gasteiger partial charge in [-0.2, -0.15) is 0 Å². The molecule has 0 bridgehead atoms. The molecule has 0 amide bonds. The van der Waals surface area contributed by atoms with E-state index in [2.05, 4.69) is 77.8 Å². The van der Waals surface area contributed by atoms with E-state index in [-0.39, 0.29) is 0 Å². The molecule has 9 rings (SSSR count). The van der Waals surface area contributed by atoms with E-state index in [0.29, 0.717) is 11.6 Å². The molecule has 0 saturated heterocycles. The number of hydrogen-bond donors (Lipinski definition) is 0. The Balaban J connectivity index is 1.31. The summed E-state index contributed by atoms with van der Waals surface area (Å²) in [5.74, 6) is 1.23. The summed E-state index contributed by atoms with van der Waals surface area (Å²) in [4.78, 5) is 9.71. The van der Waals surface area contributed by atoms with Crippen molar-refractivity contribution < 1.29 is 9.15 Å². The summed E-state index contributed by atoms with van der Waals surface area (Å²) >= 11 is 1.75. The normalized spacial score (nSPS) is 11.7. The van der Waals surface area contributed by atoms with Crippen LogP contribution in [0.4, 0.5) is 0 Å². The van der Waals surface area contributed by atoms with Crippen molar-refractivity contribution in [1.29, 1.82) is 0 Å². The van der Waals surface area contributed by atoms with E-state index in [1.807, 2.05) is 54.6 Å². The lowest BCUT2D eigenvalue weighted by Crippen LogP contribution is -1.93. The summed E-state index contributed by atoms with van der Waals surface area (Å²) in [5.41, 5.74) is 5.38. The molecule has 0 radical (unpaired) electrons. The smallest absolute Gasteiger partial charge is 0.220 e. The van der Waals surface area contributed by atoms with Crippen LogP contribution in [0, 0.1) is 0 Å². The molecule has 0 spiro atoms. The number of furan rings is 1. The van der Waals surface area contributed by atoms with Gasteiger partial charge in [0.25, 0.3) is 0 Å². The number of rotatable bonds is 4. The number of nitrogens with zero attached hydrogens (tertiary/aromatic N) is 2. The van der Waals surface area contributed by atoms with Gasteiger partial charge in [0.15, 0.2) is 0 Å². The quantitative estimate of drug-likeness (QED) is 0.211. The number of pyridine rings is 2. The third-order valence-electron chi connectivity index (χ3n) is 7.98. The molecule has 202 valence electrons. The summed E-state index contributed by atoms with van der Waals surface area (Å²) in [6.07, 6.45) is 1.80. The predicted octanol–water partition coefficient (Wildman–Crippen LogP) is 11.0. The largest absolute Gasteiger partial charge is 0.455 e. The minimum atomic E-state index is 0.529. The fourth-order valence-electron chi connectivity index (χ4n) is 6.06. The first kappa shape index (κ1) is 24.1. The first-order valence-electron chi connectivity index (χ1n) is 14.2. The van der Waals surface area contributed by atoms with Crippen LogP contribution in [-0.2, 0) is 0 Å². The van der Waals surface area contributed by atoms with E-state index >= 15 is 0 Å². The van der Waals surface area contributed by atoms with Gasteiger partial charge in [0.05, 0.1) is 16.1 Å². The molecular formula is C38H22N2O2S. The molecule has 0 unspecified atom stereocenters. The molecule has 0 atom stereocenters. The van der Waals surface area contributed by atoms with Gasteiger partial charge >= 0.3 is 0 Å². The molecule has 5 heteroatoms. The second kappa shape index (κ2) is 9.51. The first-order chi connectivity index (χ1) is 21.3. The average molecular weight is 571 g/mol. The standard InChI is InChI=1S/C38H22N2O2S/c1-2-13-26-23(10-1)21-30(37-35(26)28-15-3-5-17-32(28)42-37)36-38-29(27-14-4-6-18-33(27)43-38)22-34(40-36)41-25-12-9-11-24(20-25)31-16-7-8-19-39-31/h1-22H. The third kappa shape index (κ3) is 3.90. The summed E-state index contributed by atoms with van der Waals surface area (Å²) in [6.45, 7) is 0. The van der Waals surface area contributed by atoms with Gasteiger partial charge in [-0.25, -0.2) is 4.98 Å². The molecule has 0 aliphatic heterocycles. The van der Waals surface area contributed by atoms with Crippen LogP contribution < -0.4 is 4.74 Å². The van der Waals surface area contributed by atoms with Gasteiger partial charge in [-0.05, 0) is 53.2 Å². The SMILES string of the molecule is c1ccc(-c2cccc(Oc3cc4c(sc5ccccc54)c(-c4cc5ccccc5c5c4oc4ccccc45)n3)c2)nc1. The Hall–Kier alpha value is -5.52. The summed E-state index contributed by atoms with van der Waals surface area (Å²) < 4.78 is 15.4. The van der Waals surface area contributed by atoms with Crippen LogP contribution in [0.1, 0.15) is 0 Å². The lowest BCUT2D eigenvalue weighted by molar-refractivity contribution is 0.465. The molecule has 0 fully saturated rings. The van der Waals surface area contributed by atoms with Gasteiger partial charge in [0.2, 0.25) is 5.88 Å². The Bertz CT molecular complexity index is 2490. The van der Waals surface area contributed by atoms with Crippen LogP contribution in [0.5, 0.6) is 11.6 Å². The number of fused-ring (bicyclic) bond motifs is 8. The van der Waals surface area contributed by atoms with Crippen LogP contribution in [0.15, 0.2) is 138 Å². The maximum absolute atomic E-state index is 6.61. The summed E-state index contributed by atoms with van der Waals surface area (Å²) in [6, 6.07) is 43.4. The molecule has 9 aromatic rings.